The molecule has 3 heterocycles. The third kappa shape index (κ3) is 3.40. The van der Waals surface area contributed by atoms with E-state index >= 15 is 0 Å². The lowest BCUT2D eigenvalue weighted by atomic mass is 9.82. The number of hydrogen-bond acceptors (Lipinski definition) is 7. The van der Waals surface area contributed by atoms with Crippen LogP contribution in [0.4, 0.5) is 0 Å². The molecule has 2 aromatic heterocycles. The zero-order valence-electron chi connectivity index (χ0n) is 18.7. The number of hydrogen-bond donors (Lipinski definition) is 0. The second-order valence-electron chi connectivity index (χ2n) is 7.71. The highest BCUT2D eigenvalue weighted by Crippen LogP contribution is 2.44. The van der Waals surface area contributed by atoms with E-state index in [-0.39, 0.29) is 11.7 Å². The summed E-state index contributed by atoms with van der Waals surface area (Å²) in [6, 6.07) is 15.3. The van der Waals surface area contributed by atoms with Crippen LogP contribution in [0.25, 0.3) is 17.0 Å². The Balaban J connectivity index is 1.73. The van der Waals surface area contributed by atoms with Crippen molar-refractivity contribution in [3.05, 3.63) is 77.3 Å². The molecule has 0 radical (unpaired) electrons. The molecular weight excluding hydrogens is 420 g/mol. The number of rotatable bonds is 5. The van der Waals surface area contributed by atoms with Gasteiger partial charge in [0.2, 0.25) is 5.88 Å². The Morgan fingerprint density at radius 2 is 1.82 bits per heavy atom. The third-order valence-corrected chi connectivity index (χ3v) is 5.75. The minimum Gasteiger partial charge on any atom is -0.493 e. The van der Waals surface area contributed by atoms with E-state index in [4.69, 9.17) is 19.2 Å². The highest BCUT2D eigenvalue weighted by Gasteiger charge is 2.35. The van der Waals surface area contributed by atoms with Gasteiger partial charge in [-0.05, 0) is 37.6 Å². The summed E-state index contributed by atoms with van der Waals surface area (Å²) in [6.07, 6.45) is 1.57. The van der Waals surface area contributed by atoms with Crippen LogP contribution < -0.4 is 14.2 Å². The fourth-order valence-electron chi connectivity index (χ4n) is 4.27. The lowest BCUT2D eigenvalue weighted by Crippen LogP contribution is -2.22. The maximum Gasteiger partial charge on any atom is 0.228 e. The summed E-state index contributed by atoms with van der Waals surface area (Å²) in [5, 5.41) is 4.63. The molecule has 1 unspecified atom stereocenters. The van der Waals surface area contributed by atoms with E-state index in [2.05, 4.69) is 10.1 Å². The molecule has 0 saturated carbocycles. The number of ketones is 1. The summed E-state index contributed by atoms with van der Waals surface area (Å²) < 4.78 is 18.4. The van der Waals surface area contributed by atoms with Gasteiger partial charge in [0.1, 0.15) is 12.1 Å². The van der Waals surface area contributed by atoms with Crippen LogP contribution in [-0.4, -0.2) is 39.6 Å². The zero-order chi connectivity index (χ0) is 23.1. The number of methoxy groups -OCH3 is 2. The van der Waals surface area contributed by atoms with Gasteiger partial charge in [0.25, 0.3) is 0 Å². The SMILES string of the molecule is COc1ccc(-c2nc3c4c(ncn3n2)OC(C)=C(C(C)=O)C4c2ccccc2)cc1OC. The second kappa shape index (κ2) is 8.05. The zero-order valence-corrected chi connectivity index (χ0v) is 18.7. The summed E-state index contributed by atoms with van der Waals surface area (Å²) in [7, 11) is 3.17. The molecule has 0 amide bonds. The summed E-state index contributed by atoms with van der Waals surface area (Å²) in [6.45, 7) is 3.34. The van der Waals surface area contributed by atoms with Gasteiger partial charge in [0.15, 0.2) is 28.8 Å². The number of Topliss-reactive ketones (excluding diaryl/α,β-unsaturated/α-hetero) is 1. The number of fused-ring (bicyclic) bond motifs is 3. The molecule has 0 saturated heterocycles. The predicted molar refractivity (Wildman–Crippen MR) is 122 cm³/mol. The number of benzene rings is 2. The van der Waals surface area contributed by atoms with Crippen molar-refractivity contribution < 1.29 is 19.0 Å². The van der Waals surface area contributed by atoms with Crippen molar-refractivity contribution in [2.75, 3.05) is 14.2 Å². The van der Waals surface area contributed by atoms with Gasteiger partial charge in [-0.2, -0.15) is 0 Å². The average molecular weight is 442 g/mol. The van der Waals surface area contributed by atoms with Crippen molar-refractivity contribution >= 4 is 11.4 Å². The van der Waals surface area contributed by atoms with Crippen molar-refractivity contribution in [3.8, 4) is 28.8 Å². The first-order valence-corrected chi connectivity index (χ1v) is 10.4. The molecule has 0 fully saturated rings. The van der Waals surface area contributed by atoms with Gasteiger partial charge >= 0.3 is 0 Å². The van der Waals surface area contributed by atoms with Crippen LogP contribution in [0.5, 0.6) is 17.4 Å². The topological polar surface area (TPSA) is 87.8 Å². The number of ether oxygens (including phenoxy) is 3. The maximum atomic E-state index is 12.7. The molecule has 0 spiro atoms. The molecule has 0 bridgehead atoms. The van der Waals surface area contributed by atoms with Crippen LogP contribution in [0.2, 0.25) is 0 Å². The van der Waals surface area contributed by atoms with Gasteiger partial charge in [-0.25, -0.2) is 14.5 Å². The number of carbonyl (C=O) groups is 1. The van der Waals surface area contributed by atoms with Gasteiger partial charge < -0.3 is 14.2 Å². The number of allylic oxidation sites excluding steroid dienone is 2. The Morgan fingerprint density at radius 1 is 1.06 bits per heavy atom. The molecule has 166 valence electrons. The van der Waals surface area contributed by atoms with Crippen molar-refractivity contribution in [3.63, 3.8) is 0 Å². The average Bonchev–Trinajstić information content (AvgIpc) is 3.27. The molecular formula is C25H22N4O4. The molecule has 33 heavy (non-hydrogen) atoms. The van der Waals surface area contributed by atoms with Crippen LogP contribution >= 0.6 is 0 Å². The van der Waals surface area contributed by atoms with E-state index in [1.807, 2.05) is 48.5 Å². The normalized spacial score (nSPS) is 15.2. The number of nitrogens with zero attached hydrogens (tertiary/aromatic N) is 4. The molecule has 1 aliphatic rings. The van der Waals surface area contributed by atoms with E-state index in [1.165, 1.54) is 0 Å². The van der Waals surface area contributed by atoms with Crippen LogP contribution in [0.1, 0.15) is 30.9 Å². The Kier molecular flexibility index (Phi) is 5.05. The Bertz CT molecular complexity index is 1410. The molecule has 1 atom stereocenters. The van der Waals surface area contributed by atoms with Gasteiger partial charge in [-0.1, -0.05) is 30.3 Å². The number of carbonyl (C=O) groups excluding carboxylic acids is 1. The first-order chi connectivity index (χ1) is 16.0. The van der Waals surface area contributed by atoms with Gasteiger partial charge in [0.05, 0.1) is 19.8 Å². The second-order valence-corrected chi connectivity index (χ2v) is 7.71. The summed E-state index contributed by atoms with van der Waals surface area (Å²) in [5.41, 5.74) is 3.58. The lowest BCUT2D eigenvalue weighted by Gasteiger charge is -2.28. The minimum atomic E-state index is -0.369. The fourth-order valence-corrected chi connectivity index (χ4v) is 4.27. The Hall–Kier alpha value is -4.20. The van der Waals surface area contributed by atoms with Crippen molar-refractivity contribution in [2.45, 2.75) is 19.8 Å². The number of aromatic nitrogens is 4. The summed E-state index contributed by atoms with van der Waals surface area (Å²) >= 11 is 0. The van der Waals surface area contributed by atoms with Gasteiger partial charge in [0, 0.05) is 17.1 Å². The molecule has 8 nitrogen and oxygen atoms in total. The molecule has 4 aromatic rings. The van der Waals surface area contributed by atoms with E-state index in [0.717, 1.165) is 11.1 Å². The van der Waals surface area contributed by atoms with Crippen molar-refractivity contribution in [2.24, 2.45) is 0 Å². The predicted octanol–water partition coefficient (Wildman–Crippen LogP) is 4.20. The molecule has 2 aromatic carbocycles. The maximum absolute atomic E-state index is 12.7. The van der Waals surface area contributed by atoms with E-state index < -0.39 is 0 Å². The smallest absolute Gasteiger partial charge is 0.228 e. The van der Waals surface area contributed by atoms with Gasteiger partial charge in [-0.15, -0.1) is 5.10 Å². The van der Waals surface area contributed by atoms with Crippen LogP contribution in [0.3, 0.4) is 0 Å². The molecule has 8 heteroatoms. The van der Waals surface area contributed by atoms with Crippen molar-refractivity contribution in [1.29, 1.82) is 0 Å². The fraction of sp³-hybridized carbons (Fsp3) is 0.200. The minimum absolute atomic E-state index is 0.0614. The third-order valence-electron chi connectivity index (χ3n) is 5.75. The molecule has 0 N–H and O–H groups in total. The lowest BCUT2D eigenvalue weighted by molar-refractivity contribution is -0.114. The first-order valence-electron chi connectivity index (χ1n) is 10.4. The van der Waals surface area contributed by atoms with E-state index in [0.29, 0.717) is 45.7 Å². The highest BCUT2D eigenvalue weighted by atomic mass is 16.5. The standard InChI is InChI=1S/C25H22N4O4/c1-14(30)20-15(2)33-25-22(21(20)16-8-6-5-7-9-16)24-27-23(28-29(24)13-26-25)17-10-11-18(31-3)19(12-17)32-4/h5-13,21H,1-4H3. The molecule has 0 aliphatic carbocycles. The van der Waals surface area contributed by atoms with Crippen LogP contribution in [0, 0.1) is 0 Å². The molecule has 5 rings (SSSR count). The van der Waals surface area contributed by atoms with Gasteiger partial charge in [-0.3, -0.25) is 4.79 Å². The summed E-state index contributed by atoms with van der Waals surface area (Å²) in [4.78, 5) is 22.0. The van der Waals surface area contributed by atoms with E-state index in [9.17, 15) is 4.79 Å². The molecule has 1 aliphatic heterocycles. The van der Waals surface area contributed by atoms with Crippen LogP contribution in [0.15, 0.2) is 66.2 Å². The Morgan fingerprint density at radius 3 is 2.52 bits per heavy atom. The largest absolute Gasteiger partial charge is 0.493 e. The first kappa shape index (κ1) is 20.7. The highest BCUT2D eigenvalue weighted by molar-refractivity contribution is 5.97. The van der Waals surface area contributed by atoms with Crippen LogP contribution in [-0.2, 0) is 4.79 Å². The van der Waals surface area contributed by atoms with E-state index in [1.54, 1.807) is 38.9 Å². The Labute approximate surface area is 190 Å². The quantitative estimate of drug-likeness (QED) is 0.458. The summed E-state index contributed by atoms with van der Waals surface area (Å²) in [5.74, 6) is 2.23. The monoisotopic (exact) mass is 442 g/mol. The van der Waals surface area contributed by atoms with Crippen molar-refractivity contribution in [1.82, 2.24) is 19.6 Å².